The lowest BCUT2D eigenvalue weighted by atomic mass is 10.2. The van der Waals surface area contributed by atoms with Crippen molar-refractivity contribution in [3.05, 3.63) is 39.8 Å². The van der Waals surface area contributed by atoms with Gasteiger partial charge >= 0.3 is 0 Å². The summed E-state index contributed by atoms with van der Waals surface area (Å²) in [5.41, 5.74) is 3.53. The van der Waals surface area contributed by atoms with Crippen molar-refractivity contribution in [1.82, 2.24) is 14.8 Å². The first-order valence-electron chi connectivity index (χ1n) is 5.41. The number of halogens is 1. The normalized spacial score (nSPS) is 10.6. The number of rotatable bonds is 3. The standard InChI is InChI=1S/C12H15BrN4/c1-8-4-12(15-7-11(8)13)14-5-10-6-16-17(3)9(10)2/h4,6-7H,5H2,1-3H3,(H,14,15). The minimum atomic E-state index is 0.744. The number of pyridine rings is 1. The number of hydrogen-bond donors (Lipinski definition) is 1. The lowest BCUT2D eigenvalue weighted by Gasteiger charge is -2.06. The van der Waals surface area contributed by atoms with Crippen molar-refractivity contribution >= 4 is 21.7 Å². The van der Waals surface area contributed by atoms with E-state index in [2.05, 4.69) is 38.3 Å². The van der Waals surface area contributed by atoms with Gasteiger partial charge in [0.15, 0.2) is 0 Å². The molecule has 0 saturated heterocycles. The zero-order valence-electron chi connectivity index (χ0n) is 10.2. The molecule has 0 amide bonds. The maximum absolute atomic E-state index is 4.31. The van der Waals surface area contributed by atoms with Crippen LogP contribution in [-0.4, -0.2) is 14.8 Å². The summed E-state index contributed by atoms with van der Waals surface area (Å²) < 4.78 is 2.90. The summed E-state index contributed by atoms with van der Waals surface area (Å²) >= 11 is 3.44. The summed E-state index contributed by atoms with van der Waals surface area (Å²) in [4.78, 5) is 4.31. The Morgan fingerprint density at radius 1 is 1.35 bits per heavy atom. The molecule has 2 aromatic rings. The SMILES string of the molecule is Cc1cc(NCc2cnn(C)c2C)ncc1Br. The third-order valence-corrected chi connectivity index (χ3v) is 3.67. The molecule has 0 aromatic carbocycles. The molecule has 0 atom stereocenters. The van der Waals surface area contributed by atoms with E-state index in [9.17, 15) is 0 Å². The monoisotopic (exact) mass is 294 g/mol. The van der Waals surface area contributed by atoms with E-state index in [0.717, 1.165) is 16.8 Å². The smallest absolute Gasteiger partial charge is 0.126 e. The third-order valence-electron chi connectivity index (χ3n) is 2.84. The summed E-state index contributed by atoms with van der Waals surface area (Å²) in [6.45, 7) is 4.85. The molecule has 0 unspecified atom stereocenters. The molecule has 1 N–H and O–H groups in total. The molecule has 0 aliphatic heterocycles. The van der Waals surface area contributed by atoms with E-state index < -0.39 is 0 Å². The Bertz CT molecular complexity index is 533. The van der Waals surface area contributed by atoms with Crippen LogP contribution in [0, 0.1) is 13.8 Å². The van der Waals surface area contributed by atoms with Crippen molar-refractivity contribution in [2.75, 3.05) is 5.32 Å². The van der Waals surface area contributed by atoms with Gasteiger partial charge in [0.25, 0.3) is 0 Å². The number of anilines is 1. The number of hydrogen-bond acceptors (Lipinski definition) is 3. The van der Waals surface area contributed by atoms with E-state index in [1.54, 1.807) is 0 Å². The van der Waals surface area contributed by atoms with Gasteiger partial charge in [-0.05, 0) is 41.4 Å². The van der Waals surface area contributed by atoms with Gasteiger partial charge in [-0.15, -0.1) is 0 Å². The third kappa shape index (κ3) is 2.66. The van der Waals surface area contributed by atoms with Crippen LogP contribution in [0.5, 0.6) is 0 Å². The van der Waals surface area contributed by atoms with Crippen molar-refractivity contribution < 1.29 is 0 Å². The van der Waals surface area contributed by atoms with Gasteiger partial charge in [-0.25, -0.2) is 4.98 Å². The first-order valence-corrected chi connectivity index (χ1v) is 6.20. The van der Waals surface area contributed by atoms with E-state index >= 15 is 0 Å². The molecule has 90 valence electrons. The molecule has 17 heavy (non-hydrogen) atoms. The van der Waals surface area contributed by atoms with Crippen LogP contribution in [0.2, 0.25) is 0 Å². The van der Waals surface area contributed by atoms with Crippen LogP contribution in [0.15, 0.2) is 22.9 Å². The predicted octanol–water partition coefficient (Wildman–Crippen LogP) is 2.81. The molecule has 0 aliphatic carbocycles. The second-order valence-corrected chi connectivity index (χ2v) is 4.91. The Hall–Kier alpha value is -1.36. The van der Waals surface area contributed by atoms with E-state index in [0.29, 0.717) is 0 Å². The first kappa shape index (κ1) is 12.1. The van der Waals surface area contributed by atoms with Crippen LogP contribution in [0.1, 0.15) is 16.8 Å². The molecule has 0 saturated carbocycles. The minimum Gasteiger partial charge on any atom is -0.366 e. The number of aryl methyl sites for hydroxylation is 2. The number of nitrogens with zero attached hydrogens (tertiary/aromatic N) is 3. The number of aromatic nitrogens is 3. The second kappa shape index (κ2) is 4.87. The highest BCUT2D eigenvalue weighted by Gasteiger charge is 2.04. The Balaban J connectivity index is 2.07. The Kier molecular flexibility index (Phi) is 3.47. The molecule has 0 fully saturated rings. The quantitative estimate of drug-likeness (QED) is 0.947. The molecule has 0 radical (unpaired) electrons. The summed E-state index contributed by atoms with van der Waals surface area (Å²) in [5, 5.41) is 7.51. The van der Waals surface area contributed by atoms with Crippen LogP contribution < -0.4 is 5.32 Å². The zero-order valence-corrected chi connectivity index (χ0v) is 11.7. The van der Waals surface area contributed by atoms with Crippen LogP contribution in [-0.2, 0) is 13.6 Å². The van der Waals surface area contributed by atoms with E-state index in [4.69, 9.17) is 0 Å². The van der Waals surface area contributed by atoms with Crippen LogP contribution in [0.25, 0.3) is 0 Å². The largest absolute Gasteiger partial charge is 0.366 e. The topological polar surface area (TPSA) is 42.7 Å². The molecule has 2 rings (SSSR count). The molecule has 5 heteroatoms. The van der Waals surface area contributed by atoms with E-state index in [1.807, 2.05) is 37.1 Å². The van der Waals surface area contributed by atoms with Gasteiger partial charge in [-0.1, -0.05) is 0 Å². The van der Waals surface area contributed by atoms with Crippen LogP contribution in [0.3, 0.4) is 0 Å². The van der Waals surface area contributed by atoms with Crippen molar-refractivity contribution in [2.24, 2.45) is 7.05 Å². The highest BCUT2D eigenvalue weighted by atomic mass is 79.9. The van der Waals surface area contributed by atoms with Gasteiger partial charge in [0.05, 0.1) is 6.20 Å². The van der Waals surface area contributed by atoms with E-state index in [1.165, 1.54) is 16.8 Å². The van der Waals surface area contributed by atoms with Crippen molar-refractivity contribution in [3.63, 3.8) is 0 Å². The summed E-state index contributed by atoms with van der Waals surface area (Å²) in [5.74, 6) is 0.883. The zero-order chi connectivity index (χ0) is 12.4. The summed E-state index contributed by atoms with van der Waals surface area (Å²) in [6, 6.07) is 2.02. The summed E-state index contributed by atoms with van der Waals surface area (Å²) in [7, 11) is 1.95. The lowest BCUT2D eigenvalue weighted by Crippen LogP contribution is -2.03. The fraction of sp³-hybridized carbons (Fsp3) is 0.333. The maximum atomic E-state index is 4.31. The van der Waals surface area contributed by atoms with Crippen molar-refractivity contribution in [1.29, 1.82) is 0 Å². The predicted molar refractivity (Wildman–Crippen MR) is 71.9 cm³/mol. The lowest BCUT2D eigenvalue weighted by molar-refractivity contribution is 0.738. The average Bonchev–Trinajstić information content (AvgIpc) is 2.62. The van der Waals surface area contributed by atoms with Crippen LogP contribution in [0.4, 0.5) is 5.82 Å². The van der Waals surface area contributed by atoms with E-state index in [-0.39, 0.29) is 0 Å². The minimum absolute atomic E-state index is 0.744. The molecule has 0 bridgehead atoms. The first-order chi connectivity index (χ1) is 8.08. The van der Waals surface area contributed by atoms with Gasteiger partial charge in [-0.3, -0.25) is 4.68 Å². The second-order valence-electron chi connectivity index (χ2n) is 4.05. The molecular formula is C12H15BrN4. The fourth-order valence-electron chi connectivity index (χ4n) is 1.54. The highest BCUT2D eigenvalue weighted by Crippen LogP contribution is 2.18. The fourth-order valence-corrected chi connectivity index (χ4v) is 1.76. The Morgan fingerprint density at radius 3 is 2.71 bits per heavy atom. The number of nitrogens with one attached hydrogen (secondary N) is 1. The van der Waals surface area contributed by atoms with Crippen molar-refractivity contribution in [2.45, 2.75) is 20.4 Å². The van der Waals surface area contributed by atoms with Gasteiger partial charge in [0.2, 0.25) is 0 Å². The molecule has 0 spiro atoms. The summed E-state index contributed by atoms with van der Waals surface area (Å²) in [6.07, 6.45) is 3.70. The van der Waals surface area contributed by atoms with Crippen LogP contribution >= 0.6 is 15.9 Å². The average molecular weight is 295 g/mol. The Labute approximate surface area is 109 Å². The highest BCUT2D eigenvalue weighted by molar-refractivity contribution is 9.10. The van der Waals surface area contributed by atoms with Gasteiger partial charge in [-0.2, -0.15) is 5.10 Å². The molecule has 0 aliphatic rings. The molecule has 4 nitrogen and oxygen atoms in total. The molecule has 2 aromatic heterocycles. The van der Waals surface area contributed by atoms with Gasteiger partial charge in [0.1, 0.15) is 5.82 Å². The van der Waals surface area contributed by atoms with Gasteiger partial charge in [0, 0.05) is 35.5 Å². The van der Waals surface area contributed by atoms with Crippen molar-refractivity contribution in [3.8, 4) is 0 Å². The Morgan fingerprint density at radius 2 is 2.12 bits per heavy atom. The molecular weight excluding hydrogens is 280 g/mol. The van der Waals surface area contributed by atoms with Gasteiger partial charge < -0.3 is 5.32 Å². The maximum Gasteiger partial charge on any atom is 0.126 e. The molecule has 2 heterocycles.